The first-order chi connectivity index (χ1) is 6.40. The summed E-state index contributed by atoms with van der Waals surface area (Å²) in [6.45, 7) is 0.423. The Morgan fingerprint density at radius 1 is 1.08 bits per heavy atom. The molecule has 1 saturated heterocycles. The molecule has 1 saturated carbocycles. The molecule has 0 aromatic rings. The maximum atomic E-state index is 9.20. The predicted octanol–water partition coefficient (Wildman–Crippen LogP) is 2.59. The molecule has 2 atom stereocenters. The maximum absolute atomic E-state index is 9.20. The number of rotatable bonds is 3. The average molecular weight is 218 g/mol. The lowest BCUT2D eigenvalue weighted by atomic mass is 9.94. The fraction of sp³-hybridized carbons (Fsp3) is 1.00. The van der Waals surface area contributed by atoms with E-state index in [1.165, 1.54) is 37.2 Å². The van der Waals surface area contributed by atoms with Crippen molar-refractivity contribution in [1.82, 2.24) is 0 Å². The van der Waals surface area contributed by atoms with Crippen LogP contribution in [0.2, 0.25) is 0 Å². The van der Waals surface area contributed by atoms with Crippen molar-refractivity contribution in [3.05, 3.63) is 0 Å². The lowest BCUT2D eigenvalue weighted by molar-refractivity contribution is 0.192. The van der Waals surface area contributed by atoms with Gasteiger partial charge in [0.25, 0.3) is 0 Å². The van der Waals surface area contributed by atoms with Crippen LogP contribution in [0.1, 0.15) is 25.7 Å². The van der Waals surface area contributed by atoms with Gasteiger partial charge in [-0.3, -0.25) is 0 Å². The lowest BCUT2D eigenvalue weighted by Crippen LogP contribution is -2.15. The third kappa shape index (κ3) is 2.57. The molecule has 1 aliphatic carbocycles. The second kappa shape index (κ2) is 4.94. The second-order valence-corrected chi connectivity index (χ2v) is 6.96. The van der Waals surface area contributed by atoms with Crippen molar-refractivity contribution in [3.63, 3.8) is 0 Å². The number of aliphatic hydroxyl groups excluding tert-OH is 1. The highest BCUT2D eigenvalue weighted by atomic mass is 32.2. The van der Waals surface area contributed by atoms with Gasteiger partial charge in [-0.25, -0.2) is 0 Å². The van der Waals surface area contributed by atoms with Crippen LogP contribution < -0.4 is 0 Å². The SMILES string of the molecule is OC[C@@H]1CCC[C@@H]1CC1SCCS1. The number of hydrogen-bond acceptors (Lipinski definition) is 3. The summed E-state index contributed by atoms with van der Waals surface area (Å²) in [6.07, 6.45) is 5.32. The van der Waals surface area contributed by atoms with Crippen LogP contribution in [0.4, 0.5) is 0 Å². The van der Waals surface area contributed by atoms with E-state index in [1.807, 2.05) is 0 Å². The maximum Gasteiger partial charge on any atom is 0.0505 e. The van der Waals surface area contributed by atoms with E-state index >= 15 is 0 Å². The third-order valence-corrected chi connectivity index (χ3v) is 6.32. The van der Waals surface area contributed by atoms with Crippen molar-refractivity contribution < 1.29 is 5.11 Å². The van der Waals surface area contributed by atoms with Crippen LogP contribution >= 0.6 is 23.5 Å². The Morgan fingerprint density at radius 2 is 1.77 bits per heavy atom. The van der Waals surface area contributed by atoms with Gasteiger partial charge in [-0.2, -0.15) is 0 Å². The smallest absolute Gasteiger partial charge is 0.0505 e. The van der Waals surface area contributed by atoms with E-state index in [0.29, 0.717) is 12.5 Å². The van der Waals surface area contributed by atoms with Crippen LogP contribution in [0.3, 0.4) is 0 Å². The average Bonchev–Trinajstić information content (AvgIpc) is 2.76. The summed E-state index contributed by atoms with van der Waals surface area (Å²) >= 11 is 4.25. The highest BCUT2D eigenvalue weighted by Gasteiger charge is 2.30. The first-order valence-electron chi connectivity index (χ1n) is 5.24. The molecule has 2 fully saturated rings. The molecule has 76 valence electrons. The molecule has 2 rings (SSSR count). The molecular weight excluding hydrogens is 200 g/mol. The second-order valence-electron chi connectivity index (χ2n) is 4.04. The lowest BCUT2D eigenvalue weighted by Gasteiger charge is -2.19. The van der Waals surface area contributed by atoms with Gasteiger partial charge in [-0.1, -0.05) is 12.8 Å². The van der Waals surface area contributed by atoms with Crippen LogP contribution in [-0.4, -0.2) is 27.8 Å². The highest BCUT2D eigenvalue weighted by Crippen LogP contribution is 2.42. The van der Waals surface area contributed by atoms with Gasteiger partial charge in [0.05, 0.1) is 4.58 Å². The summed E-state index contributed by atoms with van der Waals surface area (Å²) in [5.74, 6) is 4.13. The van der Waals surface area contributed by atoms with Crippen LogP contribution in [0.15, 0.2) is 0 Å². The minimum absolute atomic E-state index is 0.423. The van der Waals surface area contributed by atoms with E-state index in [0.717, 1.165) is 10.5 Å². The molecular formula is C10H18OS2. The molecule has 13 heavy (non-hydrogen) atoms. The monoisotopic (exact) mass is 218 g/mol. The molecule has 0 spiro atoms. The first kappa shape index (κ1) is 10.2. The van der Waals surface area contributed by atoms with E-state index in [2.05, 4.69) is 23.5 Å². The fourth-order valence-corrected chi connectivity index (χ4v) is 5.48. The Balaban J connectivity index is 1.79. The van der Waals surface area contributed by atoms with E-state index in [9.17, 15) is 5.11 Å². The van der Waals surface area contributed by atoms with Gasteiger partial charge in [-0.05, 0) is 24.7 Å². The molecule has 2 aliphatic rings. The van der Waals surface area contributed by atoms with Gasteiger partial charge >= 0.3 is 0 Å². The molecule has 1 N–H and O–H groups in total. The Bertz CT molecular complexity index is 157. The van der Waals surface area contributed by atoms with E-state index in [-0.39, 0.29) is 0 Å². The van der Waals surface area contributed by atoms with E-state index in [4.69, 9.17) is 0 Å². The van der Waals surface area contributed by atoms with Gasteiger partial charge < -0.3 is 5.11 Å². The summed E-state index contributed by atoms with van der Waals surface area (Å²) in [4.78, 5) is 0. The quantitative estimate of drug-likeness (QED) is 0.786. The highest BCUT2D eigenvalue weighted by molar-refractivity contribution is 8.20. The zero-order valence-corrected chi connectivity index (χ0v) is 9.58. The molecule has 0 aromatic carbocycles. The van der Waals surface area contributed by atoms with Gasteiger partial charge in [0, 0.05) is 18.1 Å². The molecule has 1 aliphatic heterocycles. The largest absolute Gasteiger partial charge is 0.396 e. The number of hydrogen-bond donors (Lipinski definition) is 1. The van der Waals surface area contributed by atoms with Gasteiger partial charge in [0.2, 0.25) is 0 Å². The minimum Gasteiger partial charge on any atom is -0.396 e. The Kier molecular flexibility index (Phi) is 3.87. The number of aliphatic hydroxyl groups is 1. The zero-order chi connectivity index (χ0) is 9.10. The van der Waals surface area contributed by atoms with E-state index in [1.54, 1.807) is 0 Å². The summed E-state index contributed by atoms with van der Waals surface area (Å²) in [7, 11) is 0. The Morgan fingerprint density at radius 3 is 2.46 bits per heavy atom. The molecule has 0 bridgehead atoms. The van der Waals surface area contributed by atoms with Crippen molar-refractivity contribution in [2.24, 2.45) is 11.8 Å². The van der Waals surface area contributed by atoms with Crippen molar-refractivity contribution in [2.75, 3.05) is 18.1 Å². The van der Waals surface area contributed by atoms with Gasteiger partial charge in [0.1, 0.15) is 0 Å². The first-order valence-corrected chi connectivity index (χ1v) is 7.34. The van der Waals surface area contributed by atoms with Gasteiger partial charge in [0.15, 0.2) is 0 Å². The van der Waals surface area contributed by atoms with Crippen LogP contribution in [-0.2, 0) is 0 Å². The van der Waals surface area contributed by atoms with Crippen molar-refractivity contribution in [2.45, 2.75) is 30.3 Å². The van der Waals surface area contributed by atoms with E-state index < -0.39 is 0 Å². The summed E-state index contributed by atoms with van der Waals surface area (Å²) in [5.41, 5.74) is 0. The molecule has 3 heteroatoms. The molecule has 0 amide bonds. The van der Waals surface area contributed by atoms with Crippen LogP contribution in [0.25, 0.3) is 0 Å². The molecule has 1 heterocycles. The van der Waals surface area contributed by atoms with Crippen molar-refractivity contribution in [3.8, 4) is 0 Å². The Hall–Kier alpha value is 0.660. The third-order valence-electron chi connectivity index (χ3n) is 3.24. The topological polar surface area (TPSA) is 20.2 Å². The van der Waals surface area contributed by atoms with Crippen LogP contribution in [0, 0.1) is 11.8 Å². The normalized spacial score (nSPS) is 35.8. The Labute approximate surface area is 89.1 Å². The molecule has 0 radical (unpaired) electrons. The zero-order valence-electron chi connectivity index (χ0n) is 7.95. The van der Waals surface area contributed by atoms with Crippen LogP contribution in [0.5, 0.6) is 0 Å². The minimum atomic E-state index is 0.423. The van der Waals surface area contributed by atoms with Crippen molar-refractivity contribution >= 4 is 23.5 Å². The predicted molar refractivity (Wildman–Crippen MR) is 61.2 cm³/mol. The fourth-order valence-electron chi connectivity index (χ4n) is 2.45. The van der Waals surface area contributed by atoms with Gasteiger partial charge in [-0.15, -0.1) is 23.5 Å². The van der Waals surface area contributed by atoms with Crippen molar-refractivity contribution in [1.29, 1.82) is 0 Å². The molecule has 0 aromatic heterocycles. The summed E-state index contributed by atoms with van der Waals surface area (Å²) in [5, 5.41) is 9.20. The summed E-state index contributed by atoms with van der Waals surface area (Å²) in [6, 6.07) is 0. The number of thioether (sulfide) groups is 2. The standard InChI is InChI=1S/C10H18OS2/c11-7-9-3-1-2-8(9)6-10-12-4-5-13-10/h8-11H,1-7H2/t8-,9+/m1/s1. The summed E-state index contributed by atoms with van der Waals surface area (Å²) < 4.78 is 0.845. The molecule has 0 unspecified atom stereocenters. The molecule has 1 nitrogen and oxygen atoms in total.